The third kappa shape index (κ3) is 4.09. The predicted octanol–water partition coefficient (Wildman–Crippen LogP) is 2.45. The molecule has 1 aliphatic carbocycles. The zero-order valence-corrected chi connectivity index (χ0v) is 13.5. The van der Waals surface area contributed by atoms with Gasteiger partial charge in [0.25, 0.3) is 0 Å². The maximum Gasteiger partial charge on any atom is 0.122 e. The Bertz CT molecular complexity index is 441. The van der Waals surface area contributed by atoms with Crippen molar-refractivity contribution in [2.75, 3.05) is 26.7 Å². The van der Waals surface area contributed by atoms with E-state index in [4.69, 9.17) is 4.42 Å². The molecule has 1 N–H and O–H groups in total. The highest BCUT2D eigenvalue weighted by Crippen LogP contribution is 2.22. The highest BCUT2D eigenvalue weighted by molar-refractivity contribution is 5.17. The van der Waals surface area contributed by atoms with Gasteiger partial charge in [0.2, 0.25) is 0 Å². The Hall–Kier alpha value is -0.840. The minimum absolute atomic E-state index is 0.645. The van der Waals surface area contributed by atoms with E-state index >= 15 is 0 Å². The van der Waals surface area contributed by atoms with Gasteiger partial charge in [-0.3, -0.25) is 4.90 Å². The highest BCUT2D eigenvalue weighted by Gasteiger charge is 2.25. The zero-order valence-electron chi connectivity index (χ0n) is 13.5. The van der Waals surface area contributed by atoms with Gasteiger partial charge in [-0.15, -0.1) is 0 Å². The van der Waals surface area contributed by atoms with Crippen LogP contribution in [0.15, 0.2) is 16.7 Å². The molecule has 0 radical (unpaired) electrons. The summed E-state index contributed by atoms with van der Waals surface area (Å²) in [7, 11) is 2.24. The molecule has 4 nitrogen and oxygen atoms in total. The number of rotatable bonds is 6. The first-order chi connectivity index (χ1) is 10.3. The van der Waals surface area contributed by atoms with Crippen LogP contribution in [0.3, 0.4) is 0 Å². The topological polar surface area (TPSA) is 31.6 Å². The maximum atomic E-state index is 5.79. The molecule has 1 aliphatic heterocycles. The molecule has 1 unspecified atom stereocenters. The number of likely N-dealkylation sites (N-methyl/N-ethyl adjacent to an activating group) is 1. The fraction of sp³-hybridized carbons (Fsp3) is 0.765. The number of nitrogens with one attached hydrogen (secondary N) is 1. The van der Waals surface area contributed by atoms with Crippen molar-refractivity contribution in [3.63, 3.8) is 0 Å². The van der Waals surface area contributed by atoms with Crippen molar-refractivity contribution in [3.8, 4) is 0 Å². The van der Waals surface area contributed by atoms with E-state index in [9.17, 15) is 0 Å². The lowest BCUT2D eigenvalue weighted by molar-refractivity contribution is 0.163. The fourth-order valence-corrected chi connectivity index (χ4v) is 3.28. The quantitative estimate of drug-likeness (QED) is 0.872. The molecule has 21 heavy (non-hydrogen) atoms. The van der Waals surface area contributed by atoms with Crippen LogP contribution >= 0.6 is 0 Å². The summed E-state index contributed by atoms with van der Waals surface area (Å²) in [5.74, 6) is 1.16. The summed E-state index contributed by atoms with van der Waals surface area (Å²) in [6.45, 7) is 7.78. The van der Waals surface area contributed by atoms with Crippen molar-refractivity contribution in [2.45, 2.75) is 57.8 Å². The number of nitrogens with zero attached hydrogens (tertiary/aromatic N) is 2. The maximum absolute atomic E-state index is 5.79. The summed E-state index contributed by atoms with van der Waals surface area (Å²) < 4.78 is 5.79. The van der Waals surface area contributed by atoms with Gasteiger partial charge in [-0.2, -0.15) is 0 Å². The molecule has 0 aromatic carbocycles. The van der Waals surface area contributed by atoms with Gasteiger partial charge in [0.15, 0.2) is 0 Å². The first-order valence-electron chi connectivity index (χ1n) is 8.47. The summed E-state index contributed by atoms with van der Waals surface area (Å²) in [5, 5.41) is 3.59. The second kappa shape index (κ2) is 6.95. The fourth-order valence-electron chi connectivity index (χ4n) is 3.28. The van der Waals surface area contributed by atoms with Crippen molar-refractivity contribution in [1.82, 2.24) is 15.1 Å². The summed E-state index contributed by atoms with van der Waals surface area (Å²) >= 11 is 0. The van der Waals surface area contributed by atoms with E-state index in [-0.39, 0.29) is 0 Å². The van der Waals surface area contributed by atoms with Gasteiger partial charge in [-0.05, 0) is 45.3 Å². The lowest BCUT2D eigenvalue weighted by Crippen LogP contribution is -2.39. The highest BCUT2D eigenvalue weighted by atomic mass is 16.3. The normalized spacial score (nSPS) is 25.1. The summed E-state index contributed by atoms with van der Waals surface area (Å²) in [6, 6.07) is 3.53. The molecule has 1 saturated heterocycles. The third-order valence-electron chi connectivity index (χ3n) is 4.84. The molecule has 1 saturated carbocycles. The largest absolute Gasteiger partial charge is 0.468 e. The van der Waals surface area contributed by atoms with Crippen molar-refractivity contribution < 1.29 is 4.42 Å². The van der Waals surface area contributed by atoms with E-state index in [1.807, 2.05) is 6.26 Å². The van der Waals surface area contributed by atoms with Crippen LogP contribution in [-0.2, 0) is 13.1 Å². The van der Waals surface area contributed by atoms with E-state index < -0.39 is 0 Å². The average molecular weight is 291 g/mol. The Balaban J connectivity index is 1.62. The molecular weight excluding hydrogens is 262 g/mol. The monoisotopic (exact) mass is 291 g/mol. The van der Waals surface area contributed by atoms with Crippen LogP contribution in [-0.4, -0.2) is 48.6 Å². The average Bonchev–Trinajstić information content (AvgIpc) is 3.23. The van der Waals surface area contributed by atoms with Crippen molar-refractivity contribution in [1.29, 1.82) is 0 Å². The van der Waals surface area contributed by atoms with Gasteiger partial charge in [0, 0.05) is 37.3 Å². The van der Waals surface area contributed by atoms with E-state index in [0.29, 0.717) is 6.04 Å². The molecule has 2 fully saturated rings. The molecule has 2 heterocycles. The Labute approximate surface area is 128 Å². The summed E-state index contributed by atoms with van der Waals surface area (Å²) in [4.78, 5) is 5.08. The number of furan rings is 1. The smallest absolute Gasteiger partial charge is 0.122 e. The minimum Gasteiger partial charge on any atom is -0.468 e. The Morgan fingerprint density at radius 1 is 1.33 bits per heavy atom. The van der Waals surface area contributed by atoms with E-state index in [2.05, 4.69) is 35.2 Å². The molecule has 4 heteroatoms. The summed E-state index contributed by atoms with van der Waals surface area (Å²) in [5.41, 5.74) is 1.34. The van der Waals surface area contributed by atoms with Gasteiger partial charge in [-0.1, -0.05) is 6.92 Å². The molecule has 1 atom stereocenters. The van der Waals surface area contributed by atoms with Gasteiger partial charge in [0.05, 0.1) is 12.8 Å². The van der Waals surface area contributed by atoms with Crippen LogP contribution in [0, 0.1) is 0 Å². The van der Waals surface area contributed by atoms with Crippen LogP contribution in [0.2, 0.25) is 0 Å². The van der Waals surface area contributed by atoms with Crippen LogP contribution in [0.1, 0.15) is 43.9 Å². The van der Waals surface area contributed by atoms with E-state index in [0.717, 1.165) is 24.9 Å². The minimum atomic E-state index is 0.645. The van der Waals surface area contributed by atoms with Crippen molar-refractivity contribution in [3.05, 3.63) is 23.7 Å². The van der Waals surface area contributed by atoms with Crippen molar-refractivity contribution in [2.24, 2.45) is 0 Å². The zero-order chi connectivity index (χ0) is 14.7. The van der Waals surface area contributed by atoms with Gasteiger partial charge < -0.3 is 14.6 Å². The molecule has 0 spiro atoms. The van der Waals surface area contributed by atoms with E-state index in [1.165, 1.54) is 50.9 Å². The first-order valence-corrected chi connectivity index (χ1v) is 8.47. The lowest BCUT2D eigenvalue weighted by atomic mass is 10.1. The standard InChI is InChI=1S/C17H29N3O/c1-3-16-12-19(2)8-4-9-20(16)13-17-14(7-10-21-17)11-18-15-5-6-15/h7,10,15-16,18H,3-6,8-9,11-13H2,1-2H3. The summed E-state index contributed by atoms with van der Waals surface area (Å²) in [6.07, 6.45) is 6.99. The molecule has 0 amide bonds. The first kappa shape index (κ1) is 15.1. The number of hydrogen-bond donors (Lipinski definition) is 1. The third-order valence-corrected chi connectivity index (χ3v) is 4.84. The van der Waals surface area contributed by atoms with Crippen LogP contribution in [0.5, 0.6) is 0 Å². The molecule has 3 rings (SSSR count). The molecule has 0 bridgehead atoms. The molecular formula is C17H29N3O. The van der Waals surface area contributed by atoms with E-state index in [1.54, 1.807) is 0 Å². The molecule has 1 aromatic heterocycles. The van der Waals surface area contributed by atoms with Crippen LogP contribution in [0.4, 0.5) is 0 Å². The van der Waals surface area contributed by atoms with Crippen LogP contribution < -0.4 is 5.32 Å². The Morgan fingerprint density at radius 3 is 2.95 bits per heavy atom. The Morgan fingerprint density at radius 2 is 2.19 bits per heavy atom. The van der Waals surface area contributed by atoms with Crippen molar-refractivity contribution >= 4 is 0 Å². The molecule has 2 aliphatic rings. The predicted molar refractivity (Wildman–Crippen MR) is 85.2 cm³/mol. The molecule has 1 aromatic rings. The van der Waals surface area contributed by atoms with Gasteiger partial charge >= 0.3 is 0 Å². The van der Waals surface area contributed by atoms with Gasteiger partial charge in [-0.25, -0.2) is 0 Å². The van der Waals surface area contributed by atoms with Gasteiger partial charge in [0.1, 0.15) is 5.76 Å². The number of hydrogen-bond acceptors (Lipinski definition) is 4. The lowest BCUT2D eigenvalue weighted by Gasteiger charge is -2.29. The second-order valence-electron chi connectivity index (χ2n) is 6.67. The SMILES string of the molecule is CCC1CN(C)CCCN1Cc1occc1CNC1CC1. The Kier molecular flexibility index (Phi) is 4.99. The van der Waals surface area contributed by atoms with Crippen LogP contribution in [0.25, 0.3) is 0 Å². The second-order valence-corrected chi connectivity index (χ2v) is 6.67. The molecule has 118 valence electrons.